The molecular formula is C30H29BClN5. The van der Waals surface area contributed by atoms with E-state index in [0.29, 0.717) is 11.1 Å². The summed E-state index contributed by atoms with van der Waals surface area (Å²) in [6.45, 7) is 3.08. The molecule has 0 atom stereocenters. The van der Waals surface area contributed by atoms with E-state index < -0.39 is 0 Å². The fraction of sp³-hybridized carbons (Fsp3) is 0.200. The number of aromatic nitrogens is 3. The van der Waals surface area contributed by atoms with Gasteiger partial charge >= 0.3 is 0 Å². The van der Waals surface area contributed by atoms with Gasteiger partial charge in [0.15, 0.2) is 5.65 Å². The molecule has 0 amide bonds. The Kier molecular flexibility index (Phi) is 6.69. The van der Waals surface area contributed by atoms with Gasteiger partial charge in [-0.25, -0.2) is 4.98 Å². The van der Waals surface area contributed by atoms with Crippen LogP contribution in [0, 0.1) is 0 Å². The number of hydrogen-bond donors (Lipinski definition) is 1. The monoisotopic (exact) mass is 505 g/mol. The van der Waals surface area contributed by atoms with Crippen LogP contribution in [0.3, 0.4) is 0 Å². The Hall–Kier alpha value is -3.61. The molecule has 2 aromatic heterocycles. The van der Waals surface area contributed by atoms with E-state index in [0.717, 1.165) is 60.7 Å². The maximum Gasteiger partial charge on any atom is 0.151 e. The lowest BCUT2D eigenvalue weighted by Gasteiger charge is -2.33. The number of halogens is 1. The first-order chi connectivity index (χ1) is 18.1. The number of likely N-dealkylation sites (tertiary alicyclic amines) is 1. The van der Waals surface area contributed by atoms with E-state index in [1.807, 2.05) is 42.8 Å². The number of rotatable bonds is 6. The molecule has 37 heavy (non-hydrogen) atoms. The average molecular weight is 506 g/mol. The largest absolute Gasteiger partial charge is 0.367 e. The van der Waals surface area contributed by atoms with Gasteiger partial charge in [0.05, 0.1) is 5.69 Å². The second-order valence-corrected chi connectivity index (χ2v) is 10.2. The average Bonchev–Trinajstić information content (AvgIpc) is 3.31. The molecule has 0 unspecified atom stereocenters. The number of nitrogens with one attached hydrogen (secondary N) is 1. The van der Waals surface area contributed by atoms with E-state index in [1.165, 1.54) is 16.7 Å². The normalized spacial score (nSPS) is 14.7. The zero-order valence-electron chi connectivity index (χ0n) is 20.9. The molecule has 3 heterocycles. The van der Waals surface area contributed by atoms with Crippen molar-refractivity contribution < 1.29 is 0 Å². The lowest BCUT2D eigenvalue weighted by Crippen LogP contribution is -2.39. The highest BCUT2D eigenvalue weighted by atomic mass is 35.5. The molecule has 0 radical (unpaired) electrons. The van der Waals surface area contributed by atoms with Gasteiger partial charge in [0.2, 0.25) is 0 Å². The van der Waals surface area contributed by atoms with Crippen molar-refractivity contribution >= 4 is 36.4 Å². The number of nitrogens with zero attached hydrogens (tertiary/aromatic N) is 4. The molecule has 1 aliphatic rings. The molecule has 7 heteroatoms. The minimum Gasteiger partial charge on any atom is -0.367 e. The maximum atomic E-state index is 6.51. The first-order valence-electron chi connectivity index (χ1n) is 12.9. The molecule has 0 aliphatic carbocycles. The highest BCUT2D eigenvalue weighted by Crippen LogP contribution is 2.29. The third kappa shape index (κ3) is 5.13. The van der Waals surface area contributed by atoms with Crippen LogP contribution in [0.4, 0.5) is 5.82 Å². The summed E-state index contributed by atoms with van der Waals surface area (Å²) in [5.41, 5.74) is 7.60. The molecule has 1 saturated heterocycles. The molecule has 1 N–H and O–H groups in total. The van der Waals surface area contributed by atoms with Gasteiger partial charge in [-0.1, -0.05) is 78.3 Å². The fourth-order valence-corrected chi connectivity index (χ4v) is 5.40. The van der Waals surface area contributed by atoms with Gasteiger partial charge in [-0.3, -0.25) is 4.90 Å². The van der Waals surface area contributed by atoms with Gasteiger partial charge in [-0.05, 0) is 47.1 Å². The lowest BCUT2D eigenvalue weighted by molar-refractivity contribution is 0.211. The van der Waals surface area contributed by atoms with Crippen LogP contribution in [0.5, 0.6) is 0 Å². The SMILES string of the molecule is Bc1cnn2c(NC3CCN(Cc4cccc(-c5ccccc5)c4)CC3)cc(-c3ccccc3Cl)nc12. The summed E-state index contributed by atoms with van der Waals surface area (Å²) in [6.07, 6.45) is 4.02. The van der Waals surface area contributed by atoms with E-state index in [1.54, 1.807) is 0 Å². The molecule has 184 valence electrons. The third-order valence-electron chi connectivity index (χ3n) is 7.18. The quantitative estimate of drug-likeness (QED) is 0.328. The Morgan fingerprint density at radius 3 is 2.46 bits per heavy atom. The van der Waals surface area contributed by atoms with Crippen LogP contribution in [-0.2, 0) is 6.54 Å². The molecule has 1 aliphatic heterocycles. The molecule has 0 saturated carbocycles. The van der Waals surface area contributed by atoms with Gasteiger partial charge < -0.3 is 5.32 Å². The van der Waals surface area contributed by atoms with Crippen molar-refractivity contribution in [3.8, 4) is 22.4 Å². The molecule has 3 aromatic carbocycles. The van der Waals surface area contributed by atoms with Crippen LogP contribution in [0.1, 0.15) is 18.4 Å². The topological polar surface area (TPSA) is 45.5 Å². The van der Waals surface area contributed by atoms with E-state index >= 15 is 0 Å². The van der Waals surface area contributed by atoms with Gasteiger partial charge in [-0.15, -0.1) is 0 Å². The Labute approximate surface area is 223 Å². The van der Waals surface area contributed by atoms with Crippen molar-refractivity contribution in [2.45, 2.75) is 25.4 Å². The highest BCUT2D eigenvalue weighted by molar-refractivity contribution is 6.36. The van der Waals surface area contributed by atoms with E-state index in [2.05, 4.69) is 76.0 Å². The van der Waals surface area contributed by atoms with Gasteiger partial charge in [0, 0.05) is 48.5 Å². The standard InChI is InChI=1S/C30H29BClN5/c31-26-19-33-37-29(18-28(35-30(26)37)25-11-4-5-12-27(25)32)34-24-13-15-36(16-14-24)20-21-7-6-10-23(17-21)22-8-2-1-3-9-22/h1-12,17-19,24,34H,13-16,20,31H2. The Bertz CT molecular complexity index is 1530. The van der Waals surface area contributed by atoms with Crippen LogP contribution >= 0.6 is 11.6 Å². The first-order valence-corrected chi connectivity index (χ1v) is 13.3. The molecule has 1 fully saturated rings. The molecular weight excluding hydrogens is 477 g/mol. The van der Waals surface area contributed by atoms with Crippen LogP contribution in [-0.4, -0.2) is 46.5 Å². The van der Waals surface area contributed by atoms with Gasteiger partial charge in [-0.2, -0.15) is 9.61 Å². The highest BCUT2D eigenvalue weighted by Gasteiger charge is 2.21. The summed E-state index contributed by atoms with van der Waals surface area (Å²) in [5, 5.41) is 9.07. The summed E-state index contributed by atoms with van der Waals surface area (Å²) in [6, 6.07) is 29.8. The van der Waals surface area contributed by atoms with E-state index in [-0.39, 0.29) is 0 Å². The molecule has 6 rings (SSSR count). The minimum atomic E-state index is 0.376. The summed E-state index contributed by atoms with van der Waals surface area (Å²) in [4.78, 5) is 7.43. The predicted molar refractivity (Wildman–Crippen MR) is 155 cm³/mol. The lowest BCUT2D eigenvalue weighted by atomic mass is 10.0. The fourth-order valence-electron chi connectivity index (χ4n) is 5.16. The molecule has 0 spiro atoms. The summed E-state index contributed by atoms with van der Waals surface area (Å²) < 4.78 is 1.91. The number of fused-ring (bicyclic) bond motifs is 1. The van der Waals surface area contributed by atoms with Crippen LogP contribution in [0.2, 0.25) is 5.02 Å². The smallest absolute Gasteiger partial charge is 0.151 e. The number of piperidine rings is 1. The molecule has 5 aromatic rings. The predicted octanol–water partition coefficient (Wildman–Crippen LogP) is 5.05. The zero-order valence-corrected chi connectivity index (χ0v) is 21.7. The summed E-state index contributed by atoms with van der Waals surface area (Å²) in [5.74, 6) is 0.960. The van der Waals surface area contributed by atoms with Crippen molar-refractivity contribution in [1.29, 1.82) is 0 Å². The summed E-state index contributed by atoms with van der Waals surface area (Å²) in [7, 11) is 2.04. The van der Waals surface area contributed by atoms with E-state index in [9.17, 15) is 0 Å². The number of benzene rings is 3. The third-order valence-corrected chi connectivity index (χ3v) is 7.51. The Morgan fingerprint density at radius 2 is 1.65 bits per heavy atom. The van der Waals surface area contributed by atoms with Crippen molar-refractivity contribution in [3.63, 3.8) is 0 Å². The van der Waals surface area contributed by atoms with Gasteiger partial charge in [0.1, 0.15) is 13.7 Å². The minimum absolute atomic E-state index is 0.376. The molecule has 0 bridgehead atoms. The maximum absolute atomic E-state index is 6.51. The van der Waals surface area contributed by atoms with Crippen molar-refractivity contribution in [2.75, 3.05) is 18.4 Å². The second kappa shape index (κ2) is 10.4. The van der Waals surface area contributed by atoms with Crippen molar-refractivity contribution in [3.05, 3.63) is 102 Å². The first kappa shape index (κ1) is 23.8. The number of anilines is 1. The number of hydrogen-bond acceptors (Lipinski definition) is 4. The Balaban J connectivity index is 1.15. The summed E-state index contributed by atoms with van der Waals surface area (Å²) >= 11 is 6.51. The van der Waals surface area contributed by atoms with Crippen LogP contribution in [0.15, 0.2) is 91.1 Å². The molecule has 5 nitrogen and oxygen atoms in total. The zero-order chi connectivity index (χ0) is 25.2. The second-order valence-electron chi connectivity index (χ2n) is 9.83. The Morgan fingerprint density at radius 1 is 0.892 bits per heavy atom. The van der Waals surface area contributed by atoms with Crippen LogP contribution < -0.4 is 10.8 Å². The van der Waals surface area contributed by atoms with Gasteiger partial charge in [0.25, 0.3) is 0 Å². The van der Waals surface area contributed by atoms with E-state index in [4.69, 9.17) is 16.6 Å². The van der Waals surface area contributed by atoms with Crippen LogP contribution in [0.25, 0.3) is 28.0 Å². The van der Waals surface area contributed by atoms with Crippen molar-refractivity contribution in [1.82, 2.24) is 19.5 Å². The van der Waals surface area contributed by atoms with Crippen molar-refractivity contribution in [2.24, 2.45) is 0 Å².